The van der Waals surface area contributed by atoms with E-state index in [-0.39, 0.29) is 18.0 Å². The van der Waals surface area contributed by atoms with Crippen molar-refractivity contribution in [1.29, 1.82) is 0 Å². The van der Waals surface area contributed by atoms with Crippen molar-refractivity contribution in [3.8, 4) is 0 Å². The van der Waals surface area contributed by atoms with Crippen molar-refractivity contribution in [2.75, 3.05) is 19.7 Å². The molecule has 1 aliphatic heterocycles. The summed E-state index contributed by atoms with van der Waals surface area (Å²) >= 11 is 0. The van der Waals surface area contributed by atoms with Gasteiger partial charge in [0.15, 0.2) is 0 Å². The van der Waals surface area contributed by atoms with E-state index in [4.69, 9.17) is 10.5 Å². The maximum atomic E-state index is 13.5. The second-order valence-electron chi connectivity index (χ2n) is 4.74. The summed E-state index contributed by atoms with van der Waals surface area (Å²) in [6.07, 6.45) is -0.0460. The number of benzene rings is 1. The van der Waals surface area contributed by atoms with Crippen LogP contribution in [0.5, 0.6) is 0 Å². The van der Waals surface area contributed by atoms with Crippen molar-refractivity contribution in [2.45, 2.75) is 25.6 Å². The molecule has 100 valence electrons. The van der Waals surface area contributed by atoms with Crippen molar-refractivity contribution in [3.63, 3.8) is 0 Å². The van der Waals surface area contributed by atoms with Crippen molar-refractivity contribution >= 4 is 0 Å². The van der Waals surface area contributed by atoms with Crippen molar-refractivity contribution in [2.24, 2.45) is 5.73 Å². The van der Waals surface area contributed by atoms with Gasteiger partial charge in [-0.3, -0.25) is 4.90 Å². The van der Waals surface area contributed by atoms with Crippen LogP contribution in [0.15, 0.2) is 18.2 Å². The Morgan fingerprint density at radius 3 is 3.00 bits per heavy atom. The highest BCUT2D eigenvalue weighted by atomic mass is 19.1. The SMILES string of the molecule is CC(N)C1CN(Cc2cc(F)ccc2F)CCO1. The van der Waals surface area contributed by atoms with Crippen LogP contribution in [0.25, 0.3) is 0 Å². The van der Waals surface area contributed by atoms with Gasteiger partial charge in [0.25, 0.3) is 0 Å². The summed E-state index contributed by atoms with van der Waals surface area (Å²) in [5.41, 5.74) is 6.17. The van der Waals surface area contributed by atoms with Crippen LogP contribution in [-0.4, -0.2) is 36.7 Å². The van der Waals surface area contributed by atoms with Crippen LogP contribution in [0.3, 0.4) is 0 Å². The number of hydrogen-bond acceptors (Lipinski definition) is 3. The molecule has 1 aromatic carbocycles. The van der Waals surface area contributed by atoms with Crippen LogP contribution < -0.4 is 5.73 Å². The standard InChI is InChI=1S/C13H18F2N2O/c1-9(16)13-8-17(4-5-18-13)7-10-6-11(14)2-3-12(10)15/h2-3,6,9,13H,4-5,7-8,16H2,1H3. The molecule has 1 aromatic rings. The molecular formula is C13H18F2N2O. The Morgan fingerprint density at radius 1 is 1.50 bits per heavy atom. The summed E-state index contributed by atoms with van der Waals surface area (Å²) in [5, 5.41) is 0. The lowest BCUT2D eigenvalue weighted by Crippen LogP contribution is -2.49. The van der Waals surface area contributed by atoms with Gasteiger partial charge in [0, 0.05) is 31.2 Å². The molecule has 0 saturated carbocycles. The summed E-state index contributed by atoms with van der Waals surface area (Å²) in [6.45, 7) is 4.20. The second-order valence-corrected chi connectivity index (χ2v) is 4.74. The third-order valence-electron chi connectivity index (χ3n) is 3.17. The van der Waals surface area contributed by atoms with Crippen LogP contribution in [0.1, 0.15) is 12.5 Å². The maximum Gasteiger partial charge on any atom is 0.127 e. The molecule has 2 rings (SSSR count). The monoisotopic (exact) mass is 256 g/mol. The zero-order chi connectivity index (χ0) is 13.1. The number of hydrogen-bond donors (Lipinski definition) is 1. The zero-order valence-electron chi connectivity index (χ0n) is 10.4. The largest absolute Gasteiger partial charge is 0.374 e. The Kier molecular flexibility index (Phi) is 4.27. The Bertz CT molecular complexity index is 412. The van der Waals surface area contributed by atoms with E-state index in [0.717, 1.165) is 12.1 Å². The van der Waals surface area contributed by atoms with Gasteiger partial charge in [-0.2, -0.15) is 0 Å². The van der Waals surface area contributed by atoms with Crippen LogP contribution in [0.2, 0.25) is 0 Å². The Balaban J connectivity index is 2.02. The molecule has 2 N–H and O–H groups in total. The van der Waals surface area contributed by atoms with Gasteiger partial charge in [-0.15, -0.1) is 0 Å². The second kappa shape index (κ2) is 5.73. The smallest absolute Gasteiger partial charge is 0.127 e. The normalized spacial score (nSPS) is 23.0. The van der Waals surface area contributed by atoms with Crippen LogP contribution >= 0.6 is 0 Å². The van der Waals surface area contributed by atoms with Gasteiger partial charge in [0.1, 0.15) is 11.6 Å². The van der Waals surface area contributed by atoms with Crippen molar-refractivity contribution < 1.29 is 13.5 Å². The van der Waals surface area contributed by atoms with Crippen LogP contribution in [0, 0.1) is 11.6 Å². The Morgan fingerprint density at radius 2 is 2.28 bits per heavy atom. The third kappa shape index (κ3) is 3.25. The number of nitrogens with two attached hydrogens (primary N) is 1. The minimum atomic E-state index is -0.414. The number of morpholine rings is 1. The highest BCUT2D eigenvalue weighted by Crippen LogP contribution is 2.15. The van der Waals surface area contributed by atoms with Gasteiger partial charge >= 0.3 is 0 Å². The van der Waals surface area contributed by atoms with Crippen LogP contribution in [0.4, 0.5) is 8.78 Å². The van der Waals surface area contributed by atoms with E-state index in [9.17, 15) is 8.78 Å². The van der Waals surface area contributed by atoms with E-state index in [0.29, 0.717) is 31.8 Å². The van der Waals surface area contributed by atoms with E-state index >= 15 is 0 Å². The lowest BCUT2D eigenvalue weighted by Gasteiger charge is -2.34. The fourth-order valence-corrected chi connectivity index (χ4v) is 2.10. The average Bonchev–Trinajstić information content (AvgIpc) is 2.34. The molecule has 0 spiro atoms. The zero-order valence-corrected chi connectivity index (χ0v) is 10.4. The van der Waals surface area contributed by atoms with Crippen molar-refractivity contribution in [1.82, 2.24) is 4.90 Å². The topological polar surface area (TPSA) is 38.5 Å². The molecule has 0 aliphatic carbocycles. The molecule has 18 heavy (non-hydrogen) atoms. The van der Waals surface area contributed by atoms with Crippen molar-refractivity contribution in [3.05, 3.63) is 35.4 Å². The van der Waals surface area contributed by atoms with E-state index in [1.165, 1.54) is 6.07 Å². The average molecular weight is 256 g/mol. The van der Waals surface area contributed by atoms with Gasteiger partial charge in [-0.1, -0.05) is 0 Å². The van der Waals surface area contributed by atoms with Gasteiger partial charge < -0.3 is 10.5 Å². The molecule has 2 atom stereocenters. The Labute approximate surface area is 106 Å². The Hall–Kier alpha value is -1.04. The lowest BCUT2D eigenvalue weighted by molar-refractivity contribution is -0.0406. The van der Waals surface area contributed by atoms with Gasteiger partial charge in [0.2, 0.25) is 0 Å². The first-order valence-corrected chi connectivity index (χ1v) is 6.09. The first-order chi connectivity index (χ1) is 8.56. The fourth-order valence-electron chi connectivity index (χ4n) is 2.10. The molecule has 0 aromatic heterocycles. The molecule has 5 heteroatoms. The molecule has 1 saturated heterocycles. The highest BCUT2D eigenvalue weighted by molar-refractivity contribution is 5.18. The maximum absolute atomic E-state index is 13.5. The summed E-state index contributed by atoms with van der Waals surface area (Å²) < 4.78 is 32.1. The molecule has 0 bridgehead atoms. The summed E-state index contributed by atoms with van der Waals surface area (Å²) in [6, 6.07) is 3.47. The highest BCUT2D eigenvalue weighted by Gasteiger charge is 2.23. The van der Waals surface area contributed by atoms with Gasteiger partial charge in [0.05, 0.1) is 12.7 Å². The first-order valence-electron chi connectivity index (χ1n) is 6.09. The molecule has 1 aliphatic rings. The quantitative estimate of drug-likeness (QED) is 0.891. The van der Waals surface area contributed by atoms with Gasteiger partial charge in [-0.05, 0) is 25.1 Å². The van der Waals surface area contributed by atoms with E-state index < -0.39 is 5.82 Å². The molecule has 1 heterocycles. The molecule has 2 unspecified atom stereocenters. The van der Waals surface area contributed by atoms with E-state index in [1.54, 1.807) is 0 Å². The predicted octanol–water partition coefficient (Wildman–Crippen LogP) is 1.51. The molecular weight excluding hydrogens is 238 g/mol. The lowest BCUT2D eigenvalue weighted by atomic mass is 10.1. The van der Waals surface area contributed by atoms with Crippen LogP contribution in [-0.2, 0) is 11.3 Å². The molecule has 3 nitrogen and oxygen atoms in total. The minimum absolute atomic E-state index is 0.0460. The molecule has 0 amide bonds. The summed E-state index contributed by atoms with van der Waals surface area (Å²) in [4.78, 5) is 2.04. The summed E-state index contributed by atoms with van der Waals surface area (Å²) in [7, 11) is 0. The third-order valence-corrected chi connectivity index (χ3v) is 3.17. The van der Waals surface area contributed by atoms with E-state index in [2.05, 4.69) is 0 Å². The first kappa shape index (κ1) is 13.4. The predicted molar refractivity (Wildman–Crippen MR) is 65.0 cm³/mol. The molecule has 1 fully saturated rings. The number of halogens is 2. The summed E-state index contributed by atoms with van der Waals surface area (Å²) in [5.74, 6) is -0.788. The number of nitrogens with zero attached hydrogens (tertiary/aromatic N) is 1. The minimum Gasteiger partial charge on any atom is -0.374 e. The number of ether oxygens (including phenoxy) is 1. The van der Waals surface area contributed by atoms with E-state index in [1.807, 2.05) is 11.8 Å². The fraction of sp³-hybridized carbons (Fsp3) is 0.538. The number of rotatable bonds is 3. The van der Waals surface area contributed by atoms with Gasteiger partial charge in [-0.25, -0.2) is 8.78 Å². The molecule has 0 radical (unpaired) electrons.